The number of halogens is 1. The molecule has 0 saturated carbocycles. The Morgan fingerprint density at radius 3 is 2.93 bits per heavy atom. The highest BCUT2D eigenvalue weighted by molar-refractivity contribution is 6.31. The Bertz CT molecular complexity index is 1140. The van der Waals surface area contributed by atoms with Crippen molar-refractivity contribution in [3.8, 4) is 0 Å². The summed E-state index contributed by atoms with van der Waals surface area (Å²) in [5.41, 5.74) is 2.97. The van der Waals surface area contributed by atoms with Crippen LogP contribution in [0.4, 0.5) is 0 Å². The van der Waals surface area contributed by atoms with Gasteiger partial charge in [0.05, 0.1) is 12.2 Å². The third-order valence-electron chi connectivity index (χ3n) is 5.14. The fourth-order valence-corrected chi connectivity index (χ4v) is 3.99. The van der Waals surface area contributed by atoms with Gasteiger partial charge in [0.1, 0.15) is 5.52 Å². The van der Waals surface area contributed by atoms with E-state index in [1.807, 2.05) is 24.3 Å². The molecular weight excluding hydrogens is 366 g/mol. The number of para-hydroxylation sites is 2. The smallest absolute Gasteiger partial charge is 0.421 e. The zero-order valence-electron chi connectivity index (χ0n) is 14.6. The van der Waals surface area contributed by atoms with E-state index in [-0.39, 0.29) is 11.7 Å². The monoisotopic (exact) mass is 383 g/mol. The molecule has 7 heteroatoms. The molecule has 0 radical (unpaired) electrons. The molecule has 0 aliphatic carbocycles. The first-order valence-electron chi connectivity index (χ1n) is 9.04. The van der Waals surface area contributed by atoms with Gasteiger partial charge in [-0.15, -0.1) is 0 Å². The standard InChI is InChI=1S/C20H18ClN3O3/c21-14-7-8-18-16(10-14)24(20(25)27-18)12-23-9-3-4-13(11-23)19-22-15-5-1-2-6-17(15)26-19/h1-2,5-8,10,13H,3-4,9,11-12H2. The number of piperidine rings is 1. The van der Waals surface area contributed by atoms with E-state index in [9.17, 15) is 4.79 Å². The summed E-state index contributed by atoms with van der Waals surface area (Å²) in [6, 6.07) is 13.0. The molecule has 2 aromatic carbocycles. The van der Waals surface area contributed by atoms with E-state index >= 15 is 0 Å². The number of aromatic nitrogens is 2. The lowest BCUT2D eigenvalue weighted by Gasteiger charge is -2.31. The molecule has 1 saturated heterocycles. The number of hydrogen-bond donors (Lipinski definition) is 0. The van der Waals surface area contributed by atoms with Gasteiger partial charge >= 0.3 is 5.76 Å². The molecule has 6 nitrogen and oxygen atoms in total. The third kappa shape index (κ3) is 3.05. The first-order valence-corrected chi connectivity index (χ1v) is 9.42. The van der Waals surface area contributed by atoms with Crippen molar-refractivity contribution in [2.75, 3.05) is 13.1 Å². The number of oxazole rings is 2. The van der Waals surface area contributed by atoms with Crippen LogP contribution in [-0.4, -0.2) is 27.5 Å². The van der Waals surface area contributed by atoms with Crippen LogP contribution < -0.4 is 5.76 Å². The molecule has 1 unspecified atom stereocenters. The lowest BCUT2D eigenvalue weighted by molar-refractivity contribution is 0.153. The lowest BCUT2D eigenvalue weighted by atomic mass is 9.98. The Morgan fingerprint density at radius 2 is 2.04 bits per heavy atom. The molecule has 4 aromatic rings. The van der Waals surface area contributed by atoms with Crippen LogP contribution in [0.15, 0.2) is 56.1 Å². The van der Waals surface area contributed by atoms with E-state index in [0.717, 1.165) is 48.4 Å². The van der Waals surface area contributed by atoms with Gasteiger partial charge in [0.2, 0.25) is 0 Å². The minimum atomic E-state index is -0.365. The van der Waals surface area contributed by atoms with E-state index in [0.29, 0.717) is 17.3 Å². The van der Waals surface area contributed by atoms with Gasteiger partial charge in [0.25, 0.3) is 0 Å². The van der Waals surface area contributed by atoms with Crippen molar-refractivity contribution in [2.45, 2.75) is 25.4 Å². The number of nitrogens with zero attached hydrogens (tertiary/aromatic N) is 3. The summed E-state index contributed by atoms with van der Waals surface area (Å²) in [7, 11) is 0. The molecule has 2 aromatic heterocycles. The second-order valence-corrected chi connectivity index (χ2v) is 7.42. The topological polar surface area (TPSA) is 64.4 Å². The molecular formula is C20H18ClN3O3. The molecule has 3 heterocycles. The van der Waals surface area contributed by atoms with E-state index in [2.05, 4.69) is 9.88 Å². The van der Waals surface area contributed by atoms with Crippen LogP contribution >= 0.6 is 11.6 Å². The second kappa shape index (κ2) is 6.55. The molecule has 0 amide bonds. The van der Waals surface area contributed by atoms with Crippen LogP contribution in [0.1, 0.15) is 24.7 Å². The van der Waals surface area contributed by atoms with Gasteiger partial charge in [0.15, 0.2) is 17.1 Å². The molecule has 1 aliphatic rings. The molecule has 0 spiro atoms. The van der Waals surface area contributed by atoms with Gasteiger partial charge in [-0.1, -0.05) is 23.7 Å². The van der Waals surface area contributed by atoms with Gasteiger partial charge in [0, 0.05) is 17.5 Å². The largest absolute Gasteiger partial charge is 0.440 e. The quantitative estimate of drug-likeness (QED) is 0.529. The first-order chi connectivity index (χ1) is 13.2. The van der Waals surface area contributed by atoms with E-state index in [1.54, 1.807) is 22.8 Å². The van der Waals surface area contributed by atoms with E-state index in [4.69, 9.17) is 20.4 Å². The fraction of sp³-hybridized carbons (Fsp3) is 0.300. The Kier molecular flexibility index (Phi) is 4.02. The van der Waals surface area contributed by atoms with Crippen LogP contribution in [0, 0.1) is 0 Å². The van der Waals surface area contributed by atoms with Crippen molar-refractivity contribution >= 4 is 33.8 Å². The van der Waals surface area contributed by atoms with E-state index < -0.39 is 0 Å². The molecule has 1 atom stereocenters. The van der Waals surface area contributed by atoms with Crippen molar-refractivity contribution < 1.29 is 8.83 Å². The number of fused-ring (bicyclic) bond motifs is 2. The Hall–Kier alpha value is -2.57. The summed E-state index contributed by atoms with van der Waals surface area (Å²) < 4.78 is 12.9. The fourth-order valence-electron chi connectivity index (χ4n) is 3.82. The Labute approximate surface area is 159 Å². The van der Waals surface area contributed by atoms with Crippen LogP contribution in [0.5, 0.6) is 0 Å². The molecule has 5 rings (SSSR count). The SMILES string of the molecule is O=c1oc2ccc(Cl)cc2n1CN1CCCC(c2nc3ccccc3o2)C1. The van der Waals surface area contributed by atoms with Crippen LogP contribution in [0.3, 0.4) is 0 Å². The summed E-state index contributed by atoms with van der Waals surface area (Å²) in [4.78, 5) is 19.2. The number of likely N-dealkylation sites (tertiary alicyclic amines) is 1. The molecule has 1 fully saturated rings. The molecule has 138 valence electrons. The van der Waals surface area contributed by atoms with Gasteiger partial charge in [-0.2, -0.15) is 0 Å². The molecule has 27 heavy (non-hydrogen) atoms. The minimum Gasteiger partial charge on any atom is -0.440 e. The maximum Gasteiger partial charge on any atom is 0.421 e. The van der Waals surface area contributed by atoms with Crippen LogP contribution in [0.2, 0.25) is 5.02 Å². The number of rotatable bonds is 3. The van der Waals surface area contributed by atoms with E-state index in [1.165, 1.54) is 0 Å². The highest BCUT2D eigenvalue weighted by Gasteiger charge is 2.26. The number of hydrogen-bond acceptors (Lipinski definition) is 5. The average Bonchev–Trinajstić information content (AvgIpc) is 3.24. The normalized spacial score (nSPS) is 18.5. The van der Waals surface area contributed by atoms with Crippen molar-refractivity contribution in [1.29, 1.82) is 0 Å². The summed E-state index contributed by atoms with van der Waals surface area (Å²) in [5.74, 6) is 0.619. The predicted molar refractivity (Wildman–Crippen MR) is 103 cm³/mol. The molecule has 1 aliphatic heterocycles. The molecule has 0 N–H and O–H groups in total. The summed E-state index contributed by atoms with van der Waals surface area (Å²) in [6.45, 7) is 2.16. The minimum absolute atomic E-state index is 0.212. The second-order valence-electron chi connectivity index (χ2n) is 6.99. The first kappa shape index (κ1) is 16.6. The highest BCUT2D eigenvalue weighted by atomic mass is 35.5. The predicted octanol–water partition coefficient (Wildman–Crippen LogP) is 4.23. The third-order valence-corrected chi connectivity index (χ3v) is 5.37. The van der Waals surface area contributed by atoms with Crippen molar-refractivity contribution in [3.05, 3.63) is 63.9 Å². The van der Waals surface area contributed by atoms with Gasteiger partial charge in [-0.05, 0) is 49.7 Å². The van der Waals surface area contributed by atoms with Crippen LogP contribution in [-0.2, 0) is 6.67 Å². The summed E-state index contributed by atoms with van der Waals surface area (Å²) in [6.07, 6.45) is 2.05. The summed E-state index contributed by atoms with van der Waals surface area (Å²) >= 11 is 6.09. The zero-order chi connectivity index (χ0) is 18.4. The Balaban J connectivity index is 1.41. The lowest BCUT2D eigenvalue weighted by Crippen LogP contribution is -2.37. The van der Waals surface area contributed by atoms with Gasteiger partial charge in [-0.25, -0.2) is 9.78 Å². The van der Waals surface area contributed by atoms with Crippen molar-refractivity contribution in [3.63, 3.8) is 0 Å². The van der Waals surface area contributed by atoms with Crippen molar-refractivity contribution in [2.24, 2.45) is 0 Å². The number of benzene rings is 2. The zero-order valence-corrected chi connectivity index (χ0v) is 15.4. The van der Waals surface area contributed by atoms with Crippen LogP contribution in [0.25, 0.3) is 22.2 Å². The van der Waals surface area contributed by atoms with Crippen molar-refractivity contribution in [1.82, 2.24) is 14.5 Å². The highest BCUT2D eigenvalue weighted by Crippen LogP contribution is 2.29. The Morgan fingerprint density at radius 1 is 1.15 bits per heavy atom. The van der Waals surface area contributed by atoms with Gasteiger partial charge in [-0.3, -0.25) is 9.47 Å². The molecule has 0 bridgehead atoms. The average molecular weight is 384 g/mol. The summed E-state index contributed by atoms with van der Waals surface area (Å²) in [5, 5.41) is 0.583. The van der Waals surface area contributed by atoms with Gasteiger partial charge < -0.3 is 8.83 Å². The maximum atomic E-state index is 12.3. The maximum absolute atomic E-state index is 12.3.